The Morgan fingerprint density at radius 1 is 1.18 bits per heavy atom. The molecule has 2 aromatic rings. The van der Waals surface area contributed by atoms with Crippen LogP contribution in [0.1, 0.15) is 35.7 Å². The van der Waals surface area contributed by atoms with E-state index in [2.05, 4.69) is 6.92 Å². The minimum atomic E-state index is -3.76. The lowest BCUT2D eigenvalue weighted by Crippen LogP contribution is -2.39. The molecule has 0 aliphatic carbocycles. The molecule has 0 aromatic heterocycles. The predicted octanol–water partition coefficient (Wildman–Crippen LogP) is 4.35. The molecule has 3 rings (SSSR count). The summed E-state index contributed by atoms with van der Waals surface area (Å²) < 4.78 is 27.2. The van der Waals surface area contributed by atoms with Gasteiger partial charge in [-0.3, -0.25) is 9.10 Å². The first kappa shape index (κ1) is 20.7. The molecule has 5 nitrogen and oxygen atoms in total. The lowest BCUT2D eigenvalue weighted by Gasteiger charge is -2.31. The van der Waals surface area contributed by atoms with Gasteiger partial charge in [-0.05, 0) is 67.6 Å². The molecule has 7 heteroatoms. The first-order valence-electron chi connectivity index (χ1n) is 9.34. The summed E-state index contributed by atoms with van der Waals surface area (Å²) in [6, 6.07) is 11.3. The molecule has 1 fully saturated rings. The molecule has 150 valence electrons. The number of amides is 1. The fourth-order valence-corrected chi connectivity index (χ4v) is 4.91. The van der Waals surface area contributed by atoms with E-state index >= 15 is 0 Å². The van der Waals surface area contributed by atoms with Gasteiger partial charge in [-0.2, -0.15) is 0 Å². The number of halogens is 1. The number of carbonyl (C=O) groups is 1. The zero-order chi connectivity index (χ0) is 20.5. The van der Waals surface area contributed by atoms with E-state index in [1.165, 1.54) is 23.5 Å². The van der Waals surface area contributed by atoms with Gasteiger partial charge in [0.05, 0.1) is 10.6 Å². The van der Waals surface area contributed by atoms with Crippen molar-refractivity contribution in [1.82, 2.24) is 4.90 Å². The van der Waals surface area contributed by atoms with E-state index < -0.39 is 10.0 Å². The molecule has 0 radical (unpaired) electrons. The summed E-state index contributed by atoms with van der Waals surface area (Å²) in [6.07, 6.45) is 2.13. The highest BCUT2D eigenvalue weighted by Crippen LogP contribution is 2.28. The Labute approximate surface area is 172 Å². The van der Waals surface area contributed by atoms with Gasteiger partial charge >= 0.3 is 0 Å². The largest absolute Gasteiger partial charge is 0.338 e. The highest BCUT2D eigenvalue weighted by Gasteiger charge is 2.26. The third-order valence-corrected chi connectivity index (χ3v) is 7.25. The summed E-state index contributed by atoms with van der Waals surface area (Å²) in [6.45, 7) is 5.46. The molecule has 28 heavy (non-hydrogen) atoms. The van der Waals surface area contributed by atoms with Crippen molar-refractivity contribution in [2.45, 2.75) is 31.6 Å². The molecule has 1 atom stereocenters. The number of likely N-dealkylation sites (tertiary alicyclic amines) is 1. The summed E-state index contributed by atoms with van der Waals surface area (Å²) in [5.74, 6) is 0.431. The average molecular weight is 421 g/mol. The minimum Gasteiger partial charge on any atom is -0.338 e. The smallest absolute Gasteiger partial charge is 0.264 e. The van der Waals surface area contributed by atoms with Crippen molar-refractivity contribution in [3.8, 4) is 0 Å². The molecule has 1 heterocycles. The molecular formula is C21H25ClN2O3S. The lowest BCUT2D eigenvalue weighted by atomic mass is 9.99. The number of aryl methyl sites for hydroxylation is 1. The van der Waals surface area contributed by atoms with E-state index in [9.17, 15) is 13.2 Å². The van der Waals surface area contributed by atoms with Gasteiger partial charge in [0.25, 0.3) is 15.9 Å². The van der Waals surface area contributed by atoms with Gasteiger partial charge in [0.15, 0.2) is 0 Å². The summed E-state index contributed by atoms with van der Waals surface area (Å²) >= 11 is 5.87. The third-order valence-electron chi connectivity index (χ3n) is 5.21. The van der Waals surface area contributed by atoms with Crippen LogP contribution in [0.2, 0.25) is 5.02 Å². The number of rotatable bonds is 4. The predicted molar refractivity (Wildman–Crippen MR) is 113 cm³/mol. The number of anilines is 1. The molecule has 1 saturated heterocycles. The topological polar surface area (TPSA) is 57.7 Å². The van der Waals surface area contributed by atoms with E-state index in [0.29, 0.717) is 22.2 Å². The van der Waals surface area contributed by atoms with Gasteiger partial charge in [0.1, 0.15) is 0 Å². The van der Waals surface area contributed by atoms with Crippen LogP contribution >= 0.6 is 11.6 Å². The number of benzene rings is 2. The summed E-state index contributed by atoms with van der Waals surface area (Å²) in [5.41, 5.74) is 1.78. The Hall–Kier alpha value is -2.05. The van der Waals surface area contributed by atoms with Crippen LogP contribution in [0.15, 0.2) is 47.4 Å². The number of hydrogen-bond acceptors (Lipinski definition) is 3. The summed E-state index contributed by atoms with van der Waals surface area (Å²) in [5, 5.41) is 0.473. The van der Waals surface area contributed by atoms with E-state index in [1.54, 1.807) is 30.3 Å². The summed E-state index contributed by atoms with van der Waals surface area (Å²) in [7, 11) is -2.25. The Morgan fingerprint density at radius 2 is 1.86 bits per heavy atom. The van der Waals surface area contributed by atoms with Crippen LogP contribution in [0.5, 0.6) is 0 Å². The van der Waals surface area contributed by atoms with Crippen molar-refractivity contribution < 1.29 is 13.2 Å². The maximum absolute atomic E-state index is 13.0. The van der Waals surface area contributed by atoms with Crippen molar-refractivity contribution in [2.24, 2.45) is 5.92 Å². The SMILES string of the molecule is Cc1ccc(C(=O)N2CCCC(C)C2)cc1N(C)S(=O)(=O)c1ccc(Cl)cc1. The number of hydrogen-bond donors (Lipinski definition) is 0. The van der Waals surface area contributed by atoms with Crippen molar-refractivity contribution in [3.63, 3.8) is 0 Å². The second-order valence-corrected chi connectivity index (χ2v) is 9.83. The second-order valence-electron chi connectivity index (χ2n) is 7.43. The first-order valence-corrected chi connectivity index (χ1v) is 11.2. The van der Waals surface area contributed by atoms with Crippen LogP contribution < -0.4 is 4.31 Å². The Morgan fingerprint density at radius 3 is 2.50 bits per heavy atom. The van der Waals surface area contributed by atoms with Gasteiger partial charge in [-0.15, -0.1) is 0 Å². The third kappa shape index (κ3) is 4.18. The fraction of sp³-hybridized carbons (Fsp3) is 0.381. The van der Waals surface area contributed by atoms with Crippen molar-refractivity contribution in [1.29, 1.82) is 0 Å². The molecule has 2 aromatic carbocycles. The van der Waals surface area contributed by atoms with Crippen LogP contribution in [0.25, 0.3) is 0 Å². The van der Waals surface area contributed by atoms with Crippen molar-refractivity contribution in [3.05, 3.63) is 58.6 Å². The standard InChI is InChI=1S/C21H25ClN2O3S/c1-15-5-4-12-24(14-15)21(25)17-7-6-16(2)20(13-17)23(3)28(26,27)19-10-8-18(22)9-11-19/h6-11,13,15H,4-5,12,14H2,1-3H3. The van der Waals surface area contributed by atoms with Gasteiger partial charge in [0, 0.05) is 30.7 Å². The van der Waals surface area contributed by atoms with E-state index in [4.69, 9.17) is 11.6 Å². The van der Waals surface area contributed by atoms with Gasteiger partial charge in [0.2, 0.25) is 0 Å². The molecule has 0 bridgehead atoms. The molecule has 0 saturated carbocycles. The minimum absolute atomic E-state index is 0.0508. The van der Waals surface area contributed by atoms with Gasteiger partial charge in [-0.25, -0.2) is 8.42 Å². The van der Waals surface area contributed by atoms with Crippen LogP contribution in [0.3, 0.4) is 0 Å². The monoisotopic (exact) mass is 420 g/mol. The molecule has 0 spiro atoms. The second kappa shape index (κ2) is 8.13. The Balaban J connectivity index is 1.92. The maximum atomic E-state index is 13.0. The van der Waals surface area contributed by atoms with Crippen LogP contribution in [0.4, 0.5) is 5.69 Å². The van der Waals surface area contributed by atoms with Gasteiger partial charge in [-0.1, -0.05) is 24.6 Å². The quantitative estimate of drug-likeness (QED) is 0.738. The molecule has 0 N–H and O–H groups in total. The van der Waals surface area contributed by atoms with Crippen LogP contribution in [-0.4, -0.2) is 39.4 Å². The van der Waals surface area contributed by atoms with Gasteiger partial charge < -0.3 is 4.90 Å². The Kier molecular flexibility index (Phi) is 6.01. The number of carbonyl (C=O) groups excluding carboxylic acids is 1. The van der Waals surface area contributed by atoms with E-state index in [0.717, 1.165) is 31.5 Å². The highest BCUT2D eigenvalue weighted by molar-refractivity contribution is 7.92. The van der Waals surface area contributed by atoms with Crippen LogP contribution in [0, 0.1) is 12.8 Å². The van der Waals surface area contributed by atoms with Crippen molar-refractivity contribution >= 4 is 33.2 Å². The Bertz CT molecular complexity index is 974. The number of nitrogens with zero attached hydrogens (tertiary/aromatic N) is 2. The lowest BCUT2D eigenvalue weighted by molar-refractivity contribution is 0.0683. The summed E-state index contributed by atoms with van der Waals surface area (Å²) in [4.78, 5) is 14.9. The molecular weight excluding hydrogens is 396 g/mol. The average Bonchev–Trinajstić information content (AvgIpc) is 2.67. The van der Waals surface area contributed by atoms with Crippen LogP contribution in [-0.2, 0) is 10.0 Å². The first-order chi connectivity index (χ1) is 13.2. The molecule has 1 aliphatic rings. The van der Waals surface area contributed by atoms with E-state index in [1.807, 2.05) is 11.8 Å². The molecule has 1 amide bonds. The highest BCUT2D eigenvalue weighted by atomic mass is 35.5. The van der Waals surface area contributed by atoms with E-state index in [-0.39, 0.29) is 10.8 Å². The fourth-order valence-electron chi connectivity index (χ4n) is 3.53. The molecule has 1 unspecified atom stereocenters. The van der Waals surface area contributed by atoms with Crippen molar-refractivity contribution in [2.75, 3.05) is 24.4 Å². The zero-order valence-electron chi connectivity index (χ0n) is 16.4. The maximum Gasteiger partial charge on any atom is 0.264 e. The molecule has 1 aliphatic heterocycles. The number of sulfonamides is 1. The number of piperidine rings is 1. The zero-order valence-corrected chi connectivity index (χ0v) is 17.9. The normalized spacial score (nSPS) is 17.4.